The van der Waals surface area contributed by atoms with Crippen LogP contribution in [0.2, 0.25) is 0 Å². The Morgan fingerprint density at radius 3 is 2.55 bits per heavy atom. The molecule has 29 heavy (non-hydrogen) atoms. The van der Waals surface area contributed by atoms with Gasteiger partial charge in [-0.15, -0.1) is 0 Å². The van der Waals surface area contributed by atoms with Gasteiger partial charge in [0.15, 0.2) is 11.5 Å². The van der Waals surface area contributed by atoms with E-state index in [4.69, 9.17) is 14.5 Å². The number of nitrogens with zero attached hydrogens (tertiary/aromatic N) is 3. The highest BCUT2D eigenvalue weighted by Gasteiger charge is 2.30. The molecule has 2 N–H and O–H groups in total. The molecule has 0 saturated carbocycles. The number of piperidine rings is 1. The van der Waals surface area contributed by atoms with Crippen molar-refractivity contribution in [2.75, 3.05) is 45.3 Å². The van der Waals surface area contributed by atoms with Crippen LogP contribution in [0, 0.1) is 6.92 Å². The van der Waals surface area contributed by atoms with E-state index in [1.54, 1.807) is 20.3 Å². The smallest absolute Gasteiger partial charge is 0.317 e. The molecule has 1 aromatic heterocycles. The molecule has 1 aromatic carbocycles. The van der Waals surface area contributed by atoms with Crippen molar-refractivity contribution in [3.63, 3.8) is 0 Å². The standard InChI is InChI=1S/C20H27N5O4/c1-12-16-14(11-15(28-2)17(12)29-3)22-19(23-18(16)26)24-9-5-13(6-10-24)25-8-4-7-21-20(25)27/h11,13H,4-10H2,1-3H3,(H,21,27)(H,22,23,26). The average molecular weight is 401 g/mol. The van der Waals surface area contributed by atoms with E-state index in [0.29, 0.717) is 33.9 Å². The fourth-order valence-electron chi connectivity index (χ4n) is 4.37. The first-order valence-corrected chi connectivity index (χ1v) is 9.98. The number of hydrogen-bond acceptors (Lipinski definition) is 6. The van der Waals surface area contributed by atoms with Gasteiger partial charge >= 0.3 is 6.03 Å². The van der Waals surface area contributed by atoms with Crippen LogP contribution in [-0.4, -0.2) is 67.3 Å². The Bertz CT molecular complexity index is 981. The van der Waals surface area contributed by atoms with Crippen LogP contribution in [0.3, 0.4) is 0 Å². The van der Waals surface area contributed by atoms with Crippen LogP contribution in [0.5, 0.6) is 11.5 Å². The Kier molecular flexibility index (Phi) is 5.21. The molecule has 2 amide bonds. The predicted octanol–water partition coefficient (Wildman–Crippen LogP) is 1.63. The monoisotopic (exact) mass is 401 g/mol. The number of H-pyrrole nitrogens is 1. The number of benzene rings is 1. The Balaban J connectivity index is 1.59. The molecule has 9 nitrogen and oxygen atoms in total. The van der Waals surface area contributed by atoms with E-state index >= 15 is 0 Å². The van der Waals surface area contributed by atoms with Crippen molar-refractivity contribution in [3.8, 4) is 11.5 Å². The highest BCUT2D eigenvalue weighted by Crippen LogP contribution is 2.35. The summed E-state index contributed by atoms with van der Waals surface area (Å²) in [6.07, 6.45) is 2.68. The molecular weight excluding hydrogens is 374 g/mol. The number of carbonyl (C=O) groups excluding carboxylic acids is 1. The lowest BCUT2D eigenvalue weighted by molar-refractivity contribution is 0.149. The quantitative estimate of drug-likeness (QED) is 0.808. The maximum Gasteiger partial charge on any atom is 0.317 e. The Hall–Kier alpha value is -2.97. The predicted molar refractivity (Wildman–Crippen MR) is 110 cm³/mol. The maximum atomic E-state index is 12.8. The van der Waals surface area contributed by atoms with Crippen LogP contribution >= 0.6 is 0 Å². The average Bonchev–Trinajstić information content (AvgIpc) is 2.73. The van der Waals surface area contributed by atoms with Gasteiger partial charge < -0.3 is 24.6 Å². The zero-order chi connectivity index (χ0) is 20.5. The van der Waals surface area contributed by atoms with Crippen LogP contribution in [-0.2, 0) is 0 Å². The van der Waals surface area contributed by atoms with Crippen LogP contribution < -0.4 is 25.2 Å². The molecule has 0 aliphatic carbocycles. The number of aromatic amines is 1. The van der Waals surface area contributed by atoms with Crippen LogP contribution in [0.25, 0.3) is 10.9 Å². The topological polar surface area (TPSA) is 99.8 Å². The van der Waals surface area contributed by atoms with E-state index in [2.05, 4.69) is 15.2 Å². The largest absolute Gasteiger partial charge is 0.493 e. The zero-order valence-electron chi connectivity index (χ0n) is 17.1. The number of aromatic nitrogens is 2. The Morgan fingerprint density at radius 2 is 1.90 bits per heavy atom. The molecule has 2 aliphatic heterocycles. The summed E-state index contributed by atoms with van der Waals surface area (Å²) in [6.45, 7) is 4.85. The molecule has 0 radical (unpaired) electrons. The number of hydrogen-bond donors (Lipinski definition) is 2. The highest BCUT2D eigenvalue weighted by atomic mass is 16.5. The number of urea groups is 1. The second-order valence-corrected chi connectivity index (χ2v) is 7.52. The molecule has 2 aliphatic rings. The van der Waals surface area contributed by atoms with Crippen molar-refractivity contribution in [2.45, 2.75) is 32.2 Å². The van der Waals surface area contributed by atoms with Gasteiger partial charge in [0.1, 0.15) is 0 Å². The van der Waals surface area contributed by atoms with Gasteiger partial charge in [-0.2, -0.15) is 0 Å². The lowest BCUT2D eigenvalue weighted by Gasteiger charge is -2.40. The first kappa shape index (κ1) is 19.4. The van der Waals surface area contributed by atoms with Gasteiger partial charge in [-0.1, -0.05) is 0 Å². The third kappa shape index (κ3) is 3.45. The van der Waals surface area contributed by atoms with Crippen molar-refractivity contribution in [2.24, 2.45) is 0 Å². The van der Waals surface area contributed by atoms with Crippen molar-refractivity contribution in [3.05, 3.63) is 22.0 Å². The van der Waals surface area contributed by atoms with E-state index in [9.17, 15) is 9.59 Å². The first-order valence-electron chi connectivity index (χ1n) is 9.98. The summed E-state index contributed by atoms with van der Waals surface area (Å²) < 4.78 is 10.8. The number of carbonyl (C=O) groups is 1. The minimum absolute atomic E-state index is 0.0310. The second kappa shape index (κ2) is 7.81. The summed E-state index contributed by atoms with van der Waals surface area (Å²) in [4.78, 5) is 36.5. The molecule has 4 rings (SSSR count). The van der Waals surface area contributed by atoms with Gasteiger partial charge in [0.2, 0.25) is 5.95 Å². The fourth-order valence-corrected chi connectivity index (χ4v) is 4.37. The number of anilines is 1. The number of rotatable bonds is 4. The fraction of sp³-hybridized carbons (Fsp3) is 0.550. The molecule has 3 heterocycles. The summed E-state index contributed by atoms with van der Waals surface area (Å²) in [7, 11) is 3.12. The number of amides is 2. The van der Waals surface area contributed by atoms with Crippen molar-refractivity contribution >= 4 is 22.9 Å². The van der Waals surface area contributed by atoms with E-state index in [1.165, 1.54) is 0 Å². The molecule has 9 heteroatoms. The van der Waals surface area contributed by atoms with Gasteiger partial charge in [0.05, 0.1) is 25.1 Å². The van der Waals surface area contributed by atoms with E-state index in [-0.39, 0.29) is 17.6 Å². The molecule has 0 bridgehead atoms. The van der Waals surface area contributed by atoms with E-state index < -0.39 is 0 Å². The molecular formula is C20H27N5O4. The van der Waals surface area contributed by atoms with Crippen molar-refractivity contribution in [1.82, 2.24) is 20.2 Å². The van der Waals surface area contributed by atoms with Crippen molar-refractivity contribution in [1.29, 1.82) is 0 Å². The second-order valence-electron chi connectivity index (χ2n) is 7.52. The summed E-state index contributed by atoms with van der Waals surface area (Å²) in [5.74, 6) is 1.65. The molecule has 2 fully saturated rings. The minimum Gasteiger partial charge on any atom is -0.493 e. The first-order chi connectivity index (χ1) is 14.0. The van der Waals surface area contributed by atoms with Gasteiger partial charge in [-0.3, -0.25) is 9.78 Å². The van der Waals surface area contributed by atoms with Gasteiger partial charge in [0.25, 0.3) is 5.56 Å². The molecule has 0 unspecified atom stereocenters. The normalized spacial score (nSPS) is 18.1. The molecule has 156 valence electrons. The zero-order valence-corrected chi connectivity index (χ0v) is 17.1. The summed E-state index contributed by atoms with van der Waals surface area (Å²) in [5.41, 5.74) is 1.09. The number of aryl methyl sites for hydroxylation is 1. The van der Waals surface area contributed by atoms with E-state index in [0.717, 1.165) is 45.4 Å². The minimum atomic E-state index is -0.194. The molecule has 2 saturated heterocycles. The van der Waals surface area contributed by atoms with Crippen LogP contribution in [0.4, 0.5) is 10.7 Å². The summed E-state index contributed by atoms with van der Waals surface area (Å²) in [6, 6.07) is 2.00. The third-order valence-corrected chi connectivity index (χ3v) is 5.88. The molecule has 0 atom stereocenters. The van der Waals surface area contributed by atoms with Gasteiger partial charge in [-0.05, 0) is 26.2 Å². The summed E-state index contributed by atoms with van der Waals surface area (Å²) in [5, 5.41) is 3.42. The lowest BCUT2D eigenvalue weighted by Crippen LogP contribution is -2.54. The number of ether oxygens (including phenoxy) is 2. The number of fused-ring (bicyclic) bond motifs is 1. The van der Waals surface area contributed by atoms with Crippen molar-refractivity contribution < 1.29 is 14.3 Å². The highest BCUT2D eigenvalue weighted by molar-refractivity contribution is 5.86. The Morgan fingerprint density at radius 1 is 1.14 bits per heavy atom. The van der Waals surface area contributed by atoms with Crippen LogP contribution in [0.1, 0.15) is 24.8 Å². The third-order valence-electron chi connectivity index (χ3n) is 5.88. The van der Waals surface area contributed by atoms with E-state index in [1.807, 2.05) is 11.8 Å². The van der Waals surface area contributed by atoms with Crippen LogP contribution in [0.15, 0.2) is 10.9 Å². The lowest BCUT2D eigenvalue weighted by atomic mass is 10.0. The molecule has 2 aromatic rings. The number of methoxy groups -OCH3 is 2. The SMILES string of the molecule is COc1cc2nc(N3CCC(N4CCCNC4=O)CC3)[nH]c(=O)c2c(C)c1OC. The van der Waals surface area contributed by atoms with Gasteiger partial charge in [0, 0.05) is 43.9 Å². The summed E-state index contributed by atoms with van der Waals surface area (Å²) >= 11 is 0. The Labute approximate surface area is 169 Å². The maximum absolute atomic E-state index is 12.8. The molecule has 0 spiro atoms. The number of nitrogens with one attached hydrogen (secondary N) is 2. The van der Waals surface area contributed by atoms with Gasteiger partial charge in [-0.25, -0.2) is 9.78 Å².